The second-order valence-electron chi connectivity index (χ2n) is 8.53. The fraction of sp³-hybridized carbons (Fsp3) is 0.100. The fourth-order valence-electron chi connectivity index (χ4n) is 4.19. The van der Waals surface area contributed by atoms with Crippen LogP contribution >= 0.6 is 0 Å². The summed E-state index contributed by atoms with van der Waals surface area (Å²) >= 11 is 0. The lowest BCUT2D eigenvalue weighted by Gasteiger charge is -2.28. The van der Waals surface area contributed by atoms with Crippen LogP contribution in [0.25, 0.3) is 16.8 Å². The number of carbonyl (C=O) groups is 3. The first-order valence-corrected chi connectivity index (χ1v) is 11.8. The molecule has 4 aromatic rings. The van der Waals surface area contributed by atoms with E-state index >= 15 is 0 Å². The number of likely N-dealkylation sites (N-methyl/N-ethyl adjacent to an activating group) is 1. The molecule has 0 fully saturated rings. The molecule has 3 amide bonds. The number of hydroxylamine groups is 1. The van der Waals surface area contributed by atoms with Crippen molar-refractivity contribution in [2.45, 2.75) is 12.6 Å². The summed E-state index contributed by atoms with van der Waals surface area (Å²) in [6.07, 6.45) is 2.69. The molecule has 0 aliphatic rings. The molecule has 0 radical (unpaired) electrons. The molecule has 0 bridgehead atoms. The summed E-state index contributed by atoms with van der Waals surface area (Å²) < 4.78 is 0. The molecule has 0 saturated carbocycles. The number of hydrogen-bond acceptors (Lipinski definition) is 4. The Morgan fingerprint density at radius 1 is 0.892 bits per heavy atom. The quantitative estimate of drug-likeness (QED) is 0.191. The molecular weight excluding hydrogens is 466 g/mol. The average molecular weight is 494 g/mol. The van der Waals surface area contributed by atoms with Crippen LogP contribution in [0.1, 0.15) is 33.1 Å². The van der Waals surface area contributed by atoms with Crippen molar-refractivity contribution in [3.8, 4) is 0 Å². The van der Waals surface area contributed by atoms with Gasteiger partial charge in [0.25, 0.3) is 11.8 Å². The number of benzene rings is 4. The Balaban J connectivity index is 1.69. The number of amides is 3. The van der Waals surface area contributed by atoms with Gasteiger partial charge in [0.2, 0.25) is 5.91 Å². The lowest BCUT2D eigenvalue weighted by molar-refractivity contribution is -0.126. The van der Waals surface area contributed by atoms with Gasteiger partial charge in [0.1, 0.15) is 6.04 Å². The predicted octanol–water partition coefficient (Wildman–Crippen LogP) is 4.49. The summed E-state index contributed by atoms with van der Waals surface area (Å²) in [6, 6.07) is 28.7. The molecule has 4 rings (SSSR count). The van der Waals surface area contributed by atoms with Crippen molar-refractivity contribution in [1.82, 2.24) is 15.7 Å². The lowest BCUT2D eigenvalue weighted by Crippen LogP contribution is -2.41. The van der Waals surface area contributed by atoms with Gasteiger partial charge in [0, 0.05) is 25.2 Å². The summed E-state index contributed by atoms with van der Waals surface area (Å²) in [4.78, 5) is 40.2. The van der Waals surface area contributed by atoms with Gasteiger partial charge >= 0.3 is 0 Å². The zero-order chi connectivity index (χ0) is 26.2. The summed E-state index contributed by atoms with van der Waals surface area (Å²) in [5, 5.41) is 13.4. The molecule has 186 valence electrons. The van der Waals surface area contributed by atoms with Crippen LogP contribution in [0.15, 0.2) is 103 Å². The molecule has 1 unspecified atom stereocenters. The van der Waals surface area contributed by atoms with Gasteiger partial charge in [-0.1, -0.05) is 84.9 Å². The van der Waals surface area contributed by atoms with E-state index < -0.39 is 11.9 Å². The van der Waals surface area contributed by atoms with E-state index in [4.69, 9.17) is 5.21 Å². The van der Waals surface area contributed by atoms with Crippen LogP contribution in [0.2, 0.25) is 0 Å². The maximum atomic E-state index is 13.7. The molecule has 37 heavy (non-hydrogen) atoms. The number of nitrogens with one attached hydrogen (secondary N) is 2. The number of rotatable bonds is 8. The Kier molecular flexibility index (Phi) is 8.08. The van der Waals surface area contributed by atoms with E-state index in [2.05, 4.69) is 5.32 Å². The topological polar surface area (TPSA) is 98.7 Å². The summed E-state index contributed by atoms with van der Waals surface area (Å²) in [5.74, 6) is -1.31. The Bertz CT molecular complexity index is 1440. The third-order valence-corrected chi connectivity index (χ3v) is 6.05. The summed E-state index contributed by atoms with van der Waals surface area (Å²) in [6.45, 7) is 0.308. The van der Waals surface area contributed by atoms with Crippen LogP contribution in [0.3, 0.4) is 0 Å². The van der Waals surface area contributed by atoms with Crippen molar-refractivity contribution in [2.75, 3.05) is 7.05 Å². The van der Waals surface area contributed by atoms with Gasteiger partial charge < -0.3 is 10.2 Å². The van der Waals surface area contributed by atoms with Crippen LogP contribution < -0.4 is 10.8 Å². The molecule has 0 heterocycles. The van der Waals surface area contributed by atoms with E-state index in [1.165, 1.54) is 17.1 Å². The summed E-state index contributed by atoms with van der Waals surface area (Å²) in [5.41, 5.74) is 4.19. The van der Waals surface area contributed by atoms with Gasteiger partial charge in [-0.25, -0.2) is 5.48 Å². The van der Waals surface area contributed by atoms with Crippen molar-refractivity contribution >= 4 is 34.6 Å². The average Bonchev–Trinajstić information content (AvgIpc) is 2.95. The minimum absolute atomic E-state index is 0.294. The highest BCUT2D eigenvalue weighted by Crippen LogP contribution is 2.26. The lowest BCUT2D eigenvalue weighted by atomic mass is 9.99. The Morgan fingerprint density at radius 2 is 1.59 bits per heavy atom. The van der Waals surface area contributed by atoms with E-state index in [1.54, 1.807) is 42.9 Å². The highest BCUT2D eigenvalue weighted by molar-refractivity contribution is 6.08. The maximum absolute atomic E-state index is 13.7. The molecule has 0 aromatic heterocycles. The molecule has 0 saturated heterocycles. The van der Waals surface area contributed by atoms with Gasteiger partial charge in [-0.15, -0.1) is 0 Å². The molecule has 0 aliphatic carbocycles. The minimum atomic E-state index is -0.935. The number of fused-ring (bicyclic) bond motifs is 1. The van der Waals surface area contributed by atoms with Crippen molar-refractivity contribution in [3.05, 3.63) is 125 Å². The highest BCUT2D eigenvalue weighted by atomic mass is 16.5. The Hall–Kier alpha value is -4.75. The fourth-order valence-corrected chi connectivity index (χ4v) is 4.19. The molecule has 0 aliphatic heterocycles. The molecule has 3 N–H and O–H groups in total. The molecular formula is C30H27N3O4. The van der Waals surface area contributed by atoms with E-state index in [0.29, 0.717) is 23.2 Å². The van der Waals surface area contributed by atoms with Crippen molar-refractivity contribution in [2.24, 2.45) is 0 Å². The minimum Gasteiger partial charge on any atom is -0.350 e. The monoisotopic (exact) mass is 493 g/mol. The normalized spacial score (nSPS) is 11.7. The van der Waals surface area contributed by atoms with Crippen LogP contribution in [0, 0.1) is 0 Å². The van der Waals surface area contributed by atoms with Gasteiger partial charge in [0.15, 0.2) is 0 Å². The third-order valence-electron chi connectivity index (χ3n) is 6.05. The van der Waals surface area contributed by atoms with Crippen molar-refractivity contribution in [3.63, 3.8) is 0 Å². The molecule has 7 nitrogen and oxygen atoms in total. The van der Waals surface area contributed by atoms with E-state index in [-0.39, 0.29) is 11.8 Å². The van der Waals surface area contributed by atoms with Crippen molar-refractivity contribution in [1.29, 1.82) is 0 Å². The van der Waals surface area contributed by atoms with Gasteiger partial charge in [0.05, 0.1) is 0 Å². The van der Waals surface area contributed by atoms with E-state index in [1.807, 2.05) is 66.7 Å². The SMILES string of the molecule is CN(C(=O)c1cccc2ccccc12)C(C(=O)NCc1ccccc1)c1cccc(C=CC(=O)NO)c1. The number of carbonyl (C=O) groups excluding carboxylic acids is 3. The van der Waals surface area contributed by atoms with E-state index in [9.17, 15) is 14.4 Å². The van der Waals surface area contributed by atoms with Gasteiger partial charge in [-0.3, -0.25) is 19.6 Å². The first-order valence-electron chi connectivity index (χ1n) is 11.8. The largest absolute Gasteiger partial charge is 0.350 e. The zero-order valence-electron chi connectivity index (χ0n) is 20.3. The summed E-state index contributed by atoms with van der Waals surface area (Å²) in [7, 11) is 1.61. The molecule has 1 atom stereocenters. The Morgan fingerprint density at radius 3 is 2.38 bits per heavy atom. The van der Waals surface area contributed by atoms with Gasteiger partial charge in [-0.05, 0) is 45.7 Å². The number of hydrogen-bond donors (Lipinski definition) is 3. The third kappa shape index (κ3) is 6.09. The second-order valence-corrected chi connectivity index (χ2v) is 8.53. The van der Waals surface area contributed by atoms with Crippen LogP contribution in [-0.4, -0.2) is 34.9 Å². The standard InChI is InChI=1S/C30H27N3O4/c1-33(30(36)26-16-8-13-23-12-5-6-15-25(23)26)28(29(35)31-20-22-9-3-2-4-10-22)24-14-7-11-21(19-24)17-18-27(34)32-37/h2-19,28,37H,20H2,1H3,(H,31,35)(H,32,34). The molecule has 4 aromatic carbocycles. The van der Waals surface area contributed by atoms with Crippen LogP contribution in [0.5, 0.6) is 0 Å². The predicted molar refractivity (Wildman–Crippen MR) is 142 cm³/mol. The second kappa shape index (κ2) is 11.8. The highest BCUT2D eigenvalue weighted by Gasteiger charge is 2.30. The Labute approximate surface area is 215 Å². The van der Waals surface area contributed by atoms with Crippen molar-refractivity contribution < 1.29 is 19.6 Å². The first-order chi connectivity index (χ1) is 18.0. The first kappa shape index (κ1) is 25.3. The van der Waals surface area contributed by atoms with Gasteiger partial charge in [-0.2, -0.15) is 0 Å². The molecule has 0 spiro atoms. The van der Waals surface area contributed by atoms with Crippen LogP contribution in [0.4, 0.5) is 0 Å². The number of nitrogens with zero attached hydrogens (tertiary/aromatic N) is 1. The molecule has 7 heteroatoms. The zero-order valence-corrected chi connectivity index (χ0v) is 20.3. The smallest absolute Gasteiger partial charge is 0.267 e. The van der Waals surface area contributed by atoms with Crippen LogP contribution in [-0.2, 0) is 16.1 Å². The van der Waals surface area contributed by atoms with E-state index in [0.717, 1.165) is 16.3 Å². The maximum Gasteiger partial charge on any atom is 0.267 e.